The number of hydrogen-bond acceptors (Lipinski definition) is 6. The van der Waals surface area contributed by atoms with Gasteiger partial charge in [0.05, 0.1) is 24.6 Å². The number of hydrogen-bond donors (Lipinski definition) is 0. The maximum absolute atomic E-state index is 12.8. The second-order valence-electron chi connectivity index (χ2n) is 5.28. The molecule has 0 aliphatic carbocycles. The molecular weight excluding hydrogens is 318 g/mol. The van der Waals surface area contributed by atoms with E-state index in [2.05, 4.69) is 20.1 Å². The highest BCUT2D eigenvalue weighted by atomic mass is 16.5. The molecule has 0 aliphatic heterocycles. The summed E-state index contributed by atoms with van der Waals surface area (Å²) in [6.45, 7) is 0. The van der Waals surface area contributed by atoms with Crippen LogP contribution in [0.4, 0.5) is 0 Å². The van der Waals surface area contributed by atoms with Crippen LogP contribution in [0.1, 0.15) is 15.9 Å². The van der Waals surface area contributed by atoms with E-state index in [-0.39, 0.29) is 5.78 Å². The Kier molecular flexibility index (Phi) is 3.66. The fraction of sp³-hybridized carbons (Fsp3) is 0.0556. The smallest absolute Gasteiger partial charge is 0.212 e. The maximum atomic E-state index is 12.8. The fourth-order valence-electron chi connectivity index (χ4n) is 2.58. The van der Waals surface area contributed by atoms with E-state index in [1.165, 1.54) is 19.5 Å². The SMILES string of the molecule is COc1ccc(C(=O)c2cnn3c(-c4cccnc4)ccnc23)cn1. The summed E-state index contributed by atoms with van der Waals surface area (Å²) in [7, 11) is 1.53. The number of nitrogens with zero attached hydrogens (tertiary/aromatic N) is 5. The van der Waals surface area contributed by atoms with Gasteiger partial charge in [-0.1, -0.05) is 0 Å². The Morgan fingerprint density at radius 1 is 1.04 bits per heavy atom. The van der Waals surface area contributed by atoms with Crippen molar-refractivity contribution in [1.29, 1.82) is 0 Å². The van der Waals surface area contributed by atoms with E-state index in [1.54, 1.807) is 35.2 Å². The third-order valence-electron chi connectivity index (χ3n) is 3.81. The molecule has 122 valence electrons. The van der Waals surface area contributed by atoms with Crippen molar-refractivity contribution in [2.24, 2.45) is 0 Å². The Morgan fingerprint density at radius 2 is 1.96 bits per heavy atom. The number of carbonyl (C=O) groups is 1. The number of aromatic nitrogens is 5. The summed E-state index contributed by atoms with van der Waals surface area (Å²) in [6.07, 6.45) is 8.11. The van der Waals surface area contributed by atoms with Gasteiger partial charge >= 0.3 is 0 Å². The molecule has 0 radical (unpaired) electrons. The summed E-state index contributed by atoms with van der Waals surface area (Å²) in [4.78, 5) is 25.3. The van der Waals surface area contributed by atoms with Gasteiger partial charge in [-0.3, -0.25) is 9.78 Å². The highest BCUT2D eigenvalue weighted by Gasteiger charge is 2.18. The van der Waals surface area contributed by atoms with Crippen LogP contribution in [0.2, 0.25) is 0 Å². The molecule has 0 aliphatic rings. The Labute approximate surface area is 143 Å². The van der Waals surface area contributed by atoms with Crippen LogP contribution in [0.5, 0.6) is 5.88 Å². The zero-order valence-electron chi connectivity index (χ0n) is 13.3. The molecule has 0 unspecified atom stereocenters. The lowest BCUT2D eigenvalue weighted by molar-refractivity contribution is 0.103. The van der Waals surface area contributed by atoms with Crippen molar-refractivity contribution in [2.45, 2.75) is 0 Å². The van der Waals surface area contributed by atoms with Crippen molar-refractivity contribution < 1.29 is 9.53 Å². The Hall–Kier alpha value is -3.61. The predicted molar refractivity (Wildman–Crippen MR) is 90.4 cm³/mol. The second-order valence-corrected chi connectivity index (χ2v) is 5.28. The molecule has 4 rings (SSSR count). The first-order valence-corrected chi connectivity index (χ1v) is 7.56. The minimum absolute atomic E-state index is 0.194. The van der Waals surface area contributed by atoms with Crippen molar-refractivity contribution in [1.82, 2.24) is 24.6 Å². The third-order valence-corrected chi connectivity index (χ3v) is 3.81. The summed E-state index contributed by atoms with van der Waals surface area (Å²) < 4.78 is 6.66. The lowest BCUT2D eigenvalue weighted by atomic mass is 10.1. The van der Waals surface area contributed by atoms with Crippen LogP contribution in [0.15, 0.2) is 61.3 Å². The summed E-state index contributed by atoms with van der Waals surface area (Å²) in [5.74, 6) is 0.259. The zero-order chi connectivity index (χ0) is 17.2. The van der Waals surface area contributed by atoms with E-state index in [4.69, 9.17) is 4.74 Å². The van der Waals surface area contributed by atoms with E-state index in [1.807, 2.05) is 18.2 Å². The Bertz CT molecular complexity index is 1040. The second kappa shape index (κ2) is 6.12. The van der Waals surface area contributed by atoms with Crippen molar-refractivity contribution in [3.05, 3.63) is 72.4 Å². The van der Waals surface area contributed by atoms with Crippen molar-refractivity contribution in [3.8, 4) is 17.1 Å². The summed E-state index contributed by atoms with van der Waals surface area (Å²) in [6, 6.07) is 8.93. The average Bonchev–Trinajstić information content (AvgIpc) is 3.12. The van der Waals surface area contributed by atoms with Crippen molar-refractivity contribution >= 4 is 11.4 Å². The van der Waals surface area contributed by atoms with E-state index in [9.17, 15) is 4.79 Å². The van der Waals surface area contributed by atoms with Gasteiger partial charge in [0.2, 0.25) is 5.88 Å². The van der Waals surface area contributed by atoms with Crippen LogP contribution in [0, 0.1) is 0 Å². The van der Waals surface area contributed by atoms with Gasteiger partial charge in [-0.05, 0) is 24.3 Å². The topological polar surface area (TPSA) is 82.3 Å². The van der Waals surface area contributed by atoms with Crippen LogP contribution in [0.25, 0.3) is 16.9 Å². The summed E-state index contributed by atoms with van der Waals surface area (Å²) in [5.41, 5.74) is 3.05. The van der Waals surface area contributed by atoms with Crippen molar-refractivity contribution in [3.63, 3.8) is 0 Å². The lowest BCUT2D eigenvalue weighted by Gasteiger charge is -2.04. The summed E-state index contributed by atoms with van der Waals surface area (Å²) >= 11 is 0. The summed E-state index contributed by atoms with van der Waals surface area (Å²) in [5, 5.41) is 4.34. The first kappa shape index (κ1) is 14.9. The highest BCUT2D eigenvalue weighted by Crippen LogP contribution is 2.21. The molecule has 4 heterocycles. The molecule has 0 N–H and O–H groups in total. The quantitative estimate of drug-likeness (QED) is 0.534. The molecule has 4 aromatic heterocycles. The first-order chi connectivity index (χ1) is 12.3. The molecule has 25 heavy (non-hydrogen) atoms. The molecular formula is C18H13N5O2. The monoisotopic (exact) mass is 331 g/mol. The molecule has 0 amide bonds. The van der Waals surface area contributed by atoms with E-state index >= 15 is 0 Å². The lowest BCUT2D eigenvalue weighted by Crippen LogP contribution is -2.03. The number of ketones is 1. The molecule has 4 aromatic rings. The van der Waals surface area contributed by atoms with Gasteiger partial charge in [-0.2, -0.15) is 5.10 Å². The minimum atomic E-state index is -0.194. The molecule has 0 atom stereocenters. The van der Waals surface area contributed by atoms with Gasteiger partial charge in [0, 0.05) is 42.0 Å². The van der Waals surface area contributed by atoms with Gasteiger partial charge in [-0.25, -0.2) is 14.5 Å². The number of pyridine rings is 2. The standard InChI is InChI=1S/C18H13N5O2/c1-25-16-5-4-13(10-21-16)17(24)14-11-22-23-15(6-8-20-18(14)23)12-3-2-7-19-9-12/h2-11H,1H3. The Balaban J connectivity index is 1.80. The third kappa shape index (κ3) is 2.61. The molecule has 0 spiro atoms. The van der Waals surface area contributed by atoms with Gasteiger partial charge in [0.15, 0.2) is 11.4 Å². The maximum Gasteiger partial charge on any atom is 0.212 e. The largest absolute Gasteiger partial charge is 0.481 e. The molecule has 0 bridgehead atoms. The van der Waals surface area contributed by atoms with Crippen molar-refractivity contribution in [2.75, 3.05) is 7.11 Å². The van der Waals surface area contributed by atoms with Gasteiger partial charge in [0.1, 0.15) is 0 Å². The Morgan fingerprint density at radius 3 is 2.68 bits per heavy atom. The number of ether oxygens (including phenoxy) is 1. The van der Waals surface area contributed by atoms with Crippen LogP contribution in [-0.2, 0) is 0 Å². The molecule has 0 saturated carbocycles. The normalized spacial score (nSPS) is 10.8. The van der Waals surface area contributed by atoms with Crippen LogP contribution < -0.4 is 4.74 Å². The van der Waals surface area contributed by atoms with Gasteiger partial charge in [0.25, 0.3) is 0 Å². The average molecular weight is 331 g/mol. The predicted octanol–water partition coefficient (Wildman–Crippen LogP) is 2.43. The highest BCUT2D eigenvalue weighted by molar-refractivity contribution is 6.12. The molecule has 0 saturated heterocycles. The van der Waals surface area contributed by atoms with E-state index in [0.29, 0.717) is 22.7 Å². The van der Waals surface area contributed by atoms with E-state index in [0.717, 1.165) is 11.3 Å². The minimum Gasteiger partial charge on any atom is -0.481 e. The van der Waals surface area contributed by atoms with Crippen LogP contribution in [0.3, 0.4) is 0 Å². The molecule has 0 aromatic carbocycles. The number of rotatable bonds is 4. The van der Waals surface area contributed by atoms with E-state index < -0.39 is 0 Å². The molecule has 7 nitrogen and oxygen atoms in total. The number of methoxy groups -OCH3 is 1. The van der Waals surface area contributed by atoms with Gasteiger partial charge in [-0.15, -0.1) is 0 Å². The van der Waals surface area contributed by atoms with Crippen LogP contribution in [-0.4, -0.2) is 37.5 Å². The number of fused-ring (bicyclic) bond motifs is 1. The fourth-order valence-corrected chi connectivity index (χ4v) is 2.58. The first-order valence-electron chi connectivity index (χ1n) is 7.56. The number of carbonyl (C=O) groups excluding carboxylic acids is 1. The molecule has 7 heteroatoms. The van der Waals surface area contributed by atoms with Crippen LogP contribution >= 0.6 is 0 Å². The zero-order valence-corrected chi connectivity index (χ0v) is 13.3. The van der Waals surface area contributed by atoms with Gasteiger partial charge < -0.3 is 4.74 Å². The molecule has 0 fully saturated rings.